The van der Waals surface area contributed by atoms with Crippen molar-refractivity contribution in [2.24, 2.45) is 5.41 Å². The third-order valence-electron chi connectivity index (χ3n) is 4.09. The highest BCUT2D eigenvalue weighted by Crippen LogP contribution is 2.35. The van der Waals surface area contributed by atoms with Crippen LogP contribution < -0.4 is 4.74 Å². The summed E-state index contributed by atoms with van der Waals surface area (Å²) in [4.78, 5) is 4.64. The molecular formula is C17H18Cl2N2O3S. The number of rotatable bonds is 6. The molecule has 0 bridgehead atoms. The largest absolute Gasteiger partial charge is 0.493 e. The molecule has 0 amide bonds. The average Bonchev–Trinajstić information content (AvgIpc) is 2.54. The van der Waals surface area contributed by atoms with Crippen LogP contribution in [0.15, 0.2) is 41.4 Å². The molecule has 0 spiro atoms. The highest BCUT2D eigenvalue weighted by atomic mass is 35.5. The lowest BCUT2D eigenvalue weighted by molar-refractivity contribution is -0.0250. The third-order valence-corrected chi connectivity index (χ3v) is 6.21. The monoisotopic (exact) mass is 400 g/mol. The number of aryl methyl sites for hydroxylation is 1. The average molecular weight is 401 g/mol. The van der Waals surface area contributed by atoms with Crippen molar-refractivity contribution in [2.75, 3.05) is 26.3 Å². The summed E-state index contributed by atoms with van der Waals surface area (Å²) >= 11 is 12.0. The molecule has 3 rings (SSSR count). The molecule has 0 radical (unpaired) electrons. The lowest BCUT2D eigenvalue weighted by Gasteiger charge is -2.47. The fourth-order valence-electron chi connectivity index (χ4n) is 2.66. The zero-order chi connectivity index (χ0) is 18.0. The molecular weight excluding hydrogens is 383 g/mol. The van der Waals surface area contributed by atoms with Crippen LogP contribution in [0.2, 0.25) is 10.0 Å². The Morgan fingerprint density at radius 3 is 2.72 bits per heavy atom. The number of halogens is 2. The van der Waals surface area contributed by atoms with Gasteiger partial charge in [0.15, 0.2) is 0 Å². The Bertz CT molecular complexity index is 797. The van der Waals surface area contributed by atoms with Gasteiger partial charge in [0.2, 0.25) is 0 Å². The molecule has 1 atom stereocenters. The Kier molecular flexibility index (Phi) is 5.65. The number of aliphatic hydroxyl groups excluding tert-OH is 1. The Morgan fingerprint density at radius 2 is 2.08 bits per heavy atom. The van der Waals surface area contributed by atoms with Crippen molar-refractivity contribution < 1.29 is 14.1 Å². The molecule has 2 heterocycles. The van der Waals surface area contributed by atoms with Gasteiger partial charge in [0.1, 0.15) is 16.7 Å². The minimum absolute atomic E-state index is 0.0425. The van der Waals surface area contributed by atoms with Gasteiger partial charge in [-0.2, -0.15) is 0 Å². The van der Waals surface area contributed by atoms with Crippen molar-refractivity contribution in [3.05, 3.63) is 52.3 Å². The van der Waals surface area contributed by atoms with Crippen molar-refractivity contribution >= 4 is 34.2 Å². The van der Waals surface area contributed by atoms with Crippen molar-refractivity contribution in [1.29, 1.82) is 0 Å². The number of ether oxygens (including phenoxy) is 1. The van der Waals surface area contributed by atoms with Gasteiger partial charge in [0.25, 0.3) is 0 Å². The summed E-state index contributed by atoms with van der Waals surface area (Å²) < 4.78 is 20.2. The first-order valence-corrected chi connectivity index (χ1v) is 9.57. The van der Waals surface area contributed by atoms with E-state index in [1.807, 2.05) is 13.0 Å². The van der Waals surface area contributed by atoms with Gasteiger partial charge in [-0.25, -0.2) is 8.51 Å². The van der Waals surface area contributed by atoms with Crippen LogP contribution in [0.5, 0.6) is 5.75 Å². The normalized spacial score (nSPS) is 17.8. The summed E-state index contributed by atoms with van der Waals surface area (Å²) in [5.74, 6) is 0.709. The minimum atomic E-state index is -1.40. The molecule has 0 aliphatic carbocycles. The van der Waals surface area contributed by atoms with Crippen molar-refractivity contribution in [1.82, 2.24) is 9.29 Å². The second-order valence-corrected chi connectivity index (χ2v) is 8.50. The number of hydrogen-bond acceptors (Lipinski definition) is 4. The van der Waals surface area contributed by atoms with E-state index in [2.05, 4.69) is 4.98 Å². The fraction of sp³-hybridized carbons (Fsp3) is 0.353. The van der Waals surface area contributed by atoms with Gasteiger partial charge < -0.3 is 9.84 Å². The highest BCUT2D eigenvalue weighted by molar-refractivity contribution is 7.82. The lowest BCUT2D eigenvalue weighted by Crippen LogP contribution is -2.61. The van der Waals surface area contributed by atoms with Gasteiger partial charge in [0.05, 0.1) is 28.5 Å². The standard InChI is InChI=1S/C17H18Cl2N2O3S/c1-12-6-14(4-5-20-12)24-11-17(10-22)8-21(9-17)25(23)16-3-2-13(18)7-15(16)19/h2-7,22H,8-11H2,1H3. The molecule has 1 unspecified atom stereocenters. The van der Waals surface area contributed by atoms with E-state index in [1.165, 1.54) is 0 Å². The number of benzene rings is 1. The van der Waals surface area contributed by atoms with E-state index >= 15 is 0 Å². The van der Waals surface area contributed by atoms with Gasteiger partial charge in [-0.3, -0.25) is 4.98 Å². The summed E-state index contributed by atoms with van der Waals surface area (Å²) in [6.45, 7) is 3.10. The van der Waals surface area contributed by atoms with Gasteiger partial charge in [-0.15, -0.1) is 0 Å². The minimum Gasteiger partial charge on any atom is -0.493 e. The zero-order valence-corrected chi connectivity index (χ0v) is 15.9. The Labute approximate surface area is 159 Å². The van der Waals surface area contributed by atoms with Crippen LogP contribution in [-0.2, 0) is 11.0 Å². The predicted octanol–water partition coefficient (Wildman–Crippen LogP) is 3.09. The van der Waals surface area contributed by atoms with Crippen LogP contribution in [-0.4, -0.2) is 44.9 Å². The van der Waals surface area contributed by atoms with E-state index in [1.54, 1.807) is 34.8 Å². The Hall–Kier alpha value is -1.18. The van der Waals surface area contributed by atoms with E-state index in [9.17, 15) is 9.32 Å². The van der Waals surface area contributed by atoms with E-state index in [0.717, 1.165) is 5.69 Å². The molecule has 1 saturated heterocycles. The molecule has 1 aliphatic rings. The molecule has 134 valence electrons. The first-order valence-electron chi connectivity index (χ1n) is 7.71. The van der Waals surface area contributed by atoms with Gasteiger partial charge in [-0.1, -0.05) is 23.2 Å². The Morgan fingerprint density at radius 1 is 1.32 bits per heavy atom. The molecule has 1 aliphatic heterocycles. The summed E-state index contributed by atoms with van der Waals surface area (Å²) in [7, 11) is -1.40. The third kappa shape index (κ3) is 4.15. The summed E-state index contributed by atoms with van der Waals surface area (Å²) in [5, 5.41) is 10.6. The van der Waals surface area contributed by atoms with Crippen LogP contribution in [0.1, 0.15) is 5.69 Å². The smallest absolute Gasteiger partial charge is 0.129 e. The van der Waals surface area contributed by atoms with Crippen molar-refractivity contribution in [2.45, 2.75) is 11.8 Å². The molecule has 8 heteroatoms. The lowest BCUT2D eigenvalue weighted by atomic mass is 9.83. The molecule has 0 saturated carbocycles. The van der Waals surface area contributed by atoms with Gasteiger partial charge >= 0.3 is 0 Å². The number of pyridine rings is 1. The van der Waals surface area contributed by atoms with Crippen LogP contribution in [0.3, 0.4) is 0 Å². The van der Waals surface area contributed by atoms with E-state index in [4.69, 9.17) is 27.9 Å². The molecule has 1 N–H and O–H groups in total. The quantitative estimate of drug-likeness (QED) is 0.808. The van der Waals surface area contributed by atoms with E-state index in [0.29, 0.717) is 40.4 Å². The number of aliphatic hydroxyl groups is 1. The summed E-state index contributed by atoms with van der Waals surface area (Å²) in [5.41, 5.74) is 0.426. The van der Waals surface area contributed by atoms with Crippen molar-refractivity contribution in [3.63, 3.8) is 0 Å². The highest BCUT2D eigenvalue weighted by Gasteiger charge is 2.46. The Balaban J connectivity index is 1.62. The second kappa shape index (κ2) is 7.60. The number of nitrogens with zero attached hydrogens (tertiary/aromatic N) is 2. The summed E-state index contributed by atoms with van der Waals surface area (Å²) in [6, 6.07) is 8.52. The number of aromatic nitrogens is 1. The predicted molar refractivity (Wildman–Crippen MR) is 98.4 cm³/mol. The van der Waals surface area contributed by atoms with Crippen molar-refractivity contribution in [3.8, 4) is 5.75 Å². The van der Waals surface area contributed by atoms with Gasteiger partial charge in [-0.05, 0) is 31.2 Å². The van der Waals surface area contributed by atoms with E-state index in [-0.39, 0.29) is 6.61 Å². The molecule has 2 aromatic rings. The second-order valence-electron chi connectivity index (χ2n) is 6.20. The van der Waals surface area contributed by atoms with Crippen LogP contribution >= 0.6 is 23.2 Å². The first kappa shape index (κ1) is 18.6. The van der Waals surface area contributed by atoms with Crippen LogP contribution in [0.25, 0.3) is 0 Å². The zero-order valence-electron chi connectivity index (χ0n) is 13.6. The summed E-state index contributed by atoms with van der Waals surface area (Å²) in [6.07, 6.45) is 1.68. The molecule has 25 heavy (non-hydrogen) atoms. The molecule has 1 aromatic heterocycles. The fourth-order valence-corrected chi connectivity index (χ4v) is 4.73. The maximum Gasteiger partial charge on any atom is 0.129 e. The van der Waals surface area contributed by atoms with Crippen LogP contribution in [0, 0.1) is 12.3 Å². The van der Waals surface area contributed by atoms with Crippen LogP contribution in [0.4, 0.5) is 0 Å². The topological polar surface area (TPSA) is 62.7 Å². The first-order chi connectivity index (χ1) is 11.9. The maximum absolute atomic E-state index is 12.7. The number of hydrogen-bond donors (Lipinski definition) is 1. The maximum atomic E-state index is 12.7. The van der Waals surface area contributed by atoms with Gasteiger partial charge in [0, 0.05) is 36.1 Å². The molecule has 1 fully saturated rings. The SMILES string of the molecule is Cc1cc(OCC2(CO)CN(S(=O)c3ccc(Cl)cc3Cl)C2)ccn1. The molecule has 1 aromatic carbocycles. The van der Waals surface area contributed by atoms with E-state index < -0.39 is 16.4 Å². The molecule has 5 nitrogen and oxygen atoms in total.